The molecule has 1 unspecified atom stereocenters. The highest BCUT2D eigenvalue weighted by Gasteiger charge is 2.09. The van der Waals surface area contributed by atoms with E-state index in [0.29, 0.717) is 0 Å². The summed E-state index contributed by atoms with van der Waals surface area (Å²) in [5.41, 5.74) is 3.37. The maximum absolute atomic E-state index is 4.57. The number of rotatable bonds is 4. The summed E-state index contributed by atoms with van der Waals surface area (Å²) >= 11 is 0. The summed E-state index contributed by atoms with van der Waals surface area (Å²) in [5, 5.41) is 3.20. The lowest BCUT2D eigenvalue weighted by atomic mass is 10.1. The van der Waals surface area contributed by atoms with Crippen LogP contribution in [0.15, 0.2) is 30.7 Å². The average molecular weight is 242 g/mol. The Labute approximate surface area is 108 Å². The molecule has 0 bridgehead atoms. The topological polar surface area (TPSA) is 50.7 Å². The SMILES string of the molecule is CNC(C)c1cnc(Cc2ccncc2)nc1C. The van der Waals surface area contributed by atoms with E-state index in [1.165, 1.54) is 5.56 Å². The van der Waals surface area contributed by atoms with Gasteiger partial charge < -0.3 is 5.32 Å². The monoisotopic (exact) mass is 242 g/mol. The van der Waals surface area contributed by atoms with Crippen molar-refractivity contribution in [1.29, 1.82) is 0 Å². The van der Waals surface area contributed by atoms with Crippen molar-refractivity contribution in [2.75, 3.05) is 7.05 Å². The summed E-state index contributed by atoms with van der Waals surface area (Å²) in [6, 6.07) is 4.26. The van der Waals surface area contributed by atoms with Gasteiger partial charge in [-0.1, -0.05) is 0 Å². The third kappa shape index (κ3) is 2.90. The zero-order chi connectivity index (χ0) is 13.0. The molecular formula is C14H18N4. The van der Waals surface area contributed by atoms with E-state index < -0.39 is 0 Å². The van der Waals surface area contributed by atoms with Crippen molar-refractivity contribution in [3.05, 3.63) is 53.4 Å². The third-order valence-corrected chi connectivity index (χ3v) is 3.08. The fourth-order valence-corrected chi connectivity index (χ4v) is 1.87. The van der Waals surface area contributed by atoms with Gasteiger partial charge in [0.15, 0.2) is 0 Å². The lowest BCUT2D eigenvalue weighted by molar-refractivity contribution is 0.638. The summed E-state index contributed by atoms with van der Waals surface area (Å²) in [5.74, 6) is 0.853. The van der Waals surface area contributed by atoms with Crippen LogP contribution in [0, 0.1) is 6.92 Å². The van der Waals surface area contributed by atoms with Gasteiger partial charge in [0.25, 0.3) is 0 Å². The van der Waals surface area contributed by atoms with Gasteiger partial charge in [-0.2, -0.15) is 0 Å². The highest BCUT2D eigenvalue weighted by molar-refractivity contribution is 5.22. The Hall–Kier alpha value is -1.81. The molecule has 0 aliphatic rings. The van der Waals surface area contributed by atoms with Crippen LogP contribution in [0.1, 0.15) is 35.6 Å². The zero-order valence-corrected chi connectivity index (χ0v) is 11.0. The lowest BCUT2D eigenvalue weighted by Gasteiger charge is -2.13. The minimum absolute atomic E-state index is 0.278. The van der Waals surface area contributed by atoms with Gasteiger partial charge in [0, 0.05) is 42.3 Å². The number of nitrogens with one attached hydrogen (secondary N) is 1. The normalized spacial score (nSPS) is 12.4. The quantitative estimate of drug-likeness (QED) is 0.891. The first-order valence-electron chi connectivity index (χ1n) is 6.09. The highest BCUT2D eigenvalue weighted by atomic mass is 14.9. The van der Waals surface area contributed by atoms with Crippen molar-refractivity contribution >= 4 is 0 Å². The number of aryl methyl sites for hydroxylation is 1. The molecule has 0 radical (unpaired) electrons. The Kier molecular flexibility index (Phi) is 3.99. The Morgan fingerprint density at radius 3 is 2.61 bits per heavy atom. The van der Waals surface area contributed by atoms with E-state index in [1.807, 2.05) is 32.3 Å². The number of hydrogen-bond donors (Lipinski definition) is 1. The van der Waals surface area contributed by atoms with E-state index in [1.54, 1.807) is 12.4 Å². The third-order valence-electron chi connectivity index (χ3n) is 3.08. The summed E-state index contributed by atoms with van der Waals surface area (Å²) < 4.78 is 0. The molecule has 2 aromatic rings. The van der Waals surface area contributed by atoms with Gasteiger partial charge in [-0.3, -0.25) is 4.98 Å². The van der Waals surface area contributed by atoms with Crippen molar-refractivity contribution < 1.29 is 0 Å². The second kappa shape index (κ2) is 5.69. The minimum Gasteiger partial charge on any atom is -0.313 e. The van der Waals surface area contributed by atoms with E-state index in [9.17, 15) is 0 Å². The molecule has 0 spiro atoms. The first-order chi connectivity index (χ1) is 8.70. The maximum atomic E-state index is 4.57. The van der Waals surface area contributed by atoms with Crippen molar-refractivity contribution in [3.63, 3.8) is 0 Å². The van der Waals surface area contributed by atoms with E-state index >= 15 is 0 Å². The van der Waals surface area contributed by atoms with Crippen LogP contribution in [-0.2, 0) is 6.42 Å². The van der Waals surface area contributed by atoms with Gasteiger partial charge in [0.05, 0.1) is 0 Å². The average Bonchev–Trinajstić information content (AvgIpc) is 2.39. The molecule has 94 valence electrons. The lowest BCUT2D eigenvalue weighted by Crippen LogP contribution is -2.15. The van der Waals surface area contributed by atoms with Gasteiger partial charge >= 0.3 is 0 Å². The van der Waals surface area contributed by atoms with Crippen LogP contribution in [0.5, 0.6) is 0 Å². The van der Waals surface area contributed by atoms with Crippen LogP contribution >= 0.6 is 0 Å². The second-order valence-corrected chi connectivity index (χ2v) is 4.37. The molecule has 0 aliphatic carbocycles. The molecule has 0 fully saturated rings. The predicted octanol–water partition coefficient (Wildman–Crippen LogP) is 2.05. The van der Waals surface area contributed by atoms with Crippen molar-refractivity contribution in [2.24, 2.45) is 0 Å². The van der Waals surface area contributed by atoms with Crippen LogP contribution in [0.2, 0.25) is 0 Å². The molecule has 0 saturated carbocycles. The number of hydrogen-bond acceptors (Lipinski definition) is 4. The summed E-state index contributed by atoms with van der Waals surface area (Å²) in [7, 11) is 1.94. The Bertz CT molecular complexity index is 510. The second-order valence-electron chi connectivity index (χ2n) is 4.37. The van der Waals surface area contributed by atoms with Crippen LogP contribution in [0.3, 0.4) is 0 Å². The van der Waals surface area contributed by atoms with Crippen molar-refractivity contribution in [2.45, 2.75) is 26.3 Å². The minimum atomic E-state index is 0.278. The van der Waals surface area contributed by atoms with E-state index in [2.05, 4.69) is 27.2 Å². The van der Waals surface area contributed by atoms with E-state index in [4.69, 9.17) is 0 Å². The van der Waals surface area contributed by atoms with Crippen molar-refractivity contribution in [3.8, 4) is 0 Å². The number of nitrogens with zero attached hydrogens (tertiary/aromatic N) is 3. The molecule has 18 heavy (non-hydrogen) atoms. The standard InChI is InChI=1S/C14H18N4/c1-10(15-3)13-9-17-14(18-11(13)2)8-12-4-6-16-7-5-12/h4-7,9-10,15H,8H2,1-3H3. The Morgan fingerprint density at radius 1 is 1.28 bits per heavy atom. The van der Waals surface area contributed by atoms with Crippen molar-refractivity contribution in [1.82, 2.24) is 20.3 Å². The molecule has 0 aliphatic heterocycles. The van der Waals surface area contributed by atoms with E-state index in [0.717, 1.165) is 23.5 Å². The fraction of sp³-hybridized carbons (Fsp3) is 0.357. The number of aromatic nitrogens is 3. The molecule has 4 nitrogen and oxygen atoms in total. The molecule has 0 amide bonds. The molecule has 4 heteroatoms. The van der Waals surface area contributed by atoms with Gasteiger partial charge in [-0.25, -0.2) is 9.97 Å². The van der Waals surface area contributed by atoms with Crippen LogP contribution in [-0.4, -0.2) is 22.0 Å². The van der Waals surface area contributed by atoms with Gasteiger partial charge in [-0.15, -0.1) is 0 Å². The summed E-state index contributed by atoms with van der Waals surface area (Å²) in [6.45, 7) is 4.13. The van der Waals surface area contributed by atoms with Crippen LogP contribution in [0.4, 0.5) is 0 Å². The van der Waals surface area contributed by atoms with Crippen LogP contribution in [0.25, 0.3) is 0 Å². The predicted molar refractivity (Wildman–Crippen MR) is 71.3 cm³/mol. The molecule has 2 aromatic heterocycles. The molecule has 2 rings (SSSR count). The fourth-order valence-electron chi connectivity index (χ4n) is 1.87. The summed E-state index contributed by atoms with van der Waals surface area (Å²) in [4.78, 5) is 13.0. The smallest absolute Gasteiger partial charge is 0.132 e. The van der Waals surface area contributed by atoms with Gasteiger partial charge in [-0.05, 0) is 38.6 Å². The maximum Gasteiger partial charge on any atom is 0.132 e. The van der Waals surface area contributed by atoms with Gasteiger partial charge in [0.2, 0.25) is 0 Å². The summed E-state index contributed by atoms with van der Waals surface area (Å²) in [6.07, 6.45) is 6.25. The number of pyridine rings is 1. The van der Waals surface area contributed by atoms with E-state index in [-0.39, 0.29) is 6.04 Å². The first kappa shape index (κ1) is 12.6. The molecule has 1 atom stereocenters. The first-order valence-corrected chi connectivity index (χ1v) is 6.09. The molecule has 2 heterocycles. The largest absolute Gasteiger partial charge is 0.313 e. The van der Waals surface area contributed by atoms with Crippen LogP contribution < -0.4 is 5.32 Å². The Balaban J connectivity index is 2.19. The molecule has 1 N–H and O–H groups in total. The molecule has 0 aromatic carbocycles. The molecular weight excluding hydrogens is 224 g/mol. The zero-order valence-electron chi connectivity index (χ0n) is 11.0. The van der Waals surface area contributed by atoms with Gasteiger partial charge in [0.1, 0.15) is 5.82 Å². The molecule has 0 saturated heterocycles. The Morgan fingerprint density at radius 2 is 2.00 bits per heavy atom. The highest BCUT2D eigenvalue weighted by Crippen LogP contribution is 2.15.